The van der Waals surface area contributed by atoms with E-state index in [0.29, 0.717) is 29.4 Å². The van der Waals surface area contributed by atoms with Crippen molar-refractivity contribution in [1.82, 2.24) is 20.5 Å². The Bertz CT molecular complexity index is 1110. The van der Waals surface area contributed by atoms with Gasteiger partial charge in [-0.15, -0.1) is 10.2 Å². The number of amides is 1. The number of benzene rings is 1. The number of anilines is 2. The van der Waals surface area contributed by atoms with Crippen molar-refractivity contribution < 1.29 is 9.21 Å². The first kappa shape index (κ1) is 18.4. The Morgan fingerprint density at radius 3 is 2.62 bits per heavy atom. The summed E-state index contributed by atoms with van der Waals surface area (Å²) in [6.07, 6.45) is 1.72. The molecule has 1 amide bonds. The van der Waals surface area contributed by atoms with Crippen LogP contribution in [0.4, 0.5) is 11.5 Å². The summed E-state index contributed by atoms with van der Waals surface area (Å²) in [4.78, 5) is 16.7. The average molecular weight is 385 g/mol. The first-order chi connectivity index (χ1) is 14.2. The molecule has 0 fully saturated rings. The summed E-state index contributed by atoms with van der Waals surface area (Å²) < 4.78 is 5.47. The molecule has 7 nitrogen and oxygen atoms in total. The normalized spacial score (nSPS) is 10.5. The molecule has 0 bridgehead atoms. The van der Waals surface area contributed by atoms with Crippen molar-refractivity contribution in [2.45, 2.75) is 13.5 Å². The fourth-order valence-corrected chi connectivity index (χ4v) is 2.79. The standard InChI is InChI=1S/C22H19N5O2/c1-15-8-9-18(29-15)14-24-22(28)16-5-4-6-17(13-16)25-21-11-10-20(26-27-21)19-7-2-3-12-23-19/h2-13H,14H2,1H3,(H,24,28)(H,25,27). The Hall–Kier alpha value is -4.00. The molecule has 3 aromatic heterocycles. The number of nitrogens with one attached hydrogen (secondary N) is 2. The van der Waals surface area contributed by atoms with E-state index in [4.69, 9.17) is 4.42 Å². The minimum atomic E-state index is -0.181. The van der Waals surface area contributed by atoms with Crippen LogP contribution >= 0.6 is 0 Å². The molecule has 0 spiro atoms. The summed E-state index contributed by atoms with van der Waals surface area (Å²) in [7, 11) is 0. The molecule has 0 aliphatic heterocycles. The average Bonchev–Trinajstić information content (AvgIpc) is 3.18. The van der Waals surface area contributed by atoms with Crippen LogP contribution in [0.5, 0.6) is 0 Å². The van der Waals surface area contributed by atoms with Gasteiger partial charge in [0.05, 0.1) is 12.2 Å². The summed E-state index contributed by atoms with van der Waals surface area (Å²) in [5.74, 6) is 1.93. The van der Waals surface area contributed by atoms with Gasteiger partial charge < -0.3 is 15.1 Å². The summed E-state index contributed by atoms with van der Waals surface area (Å²) in [5, 5.41) is 14.4. The van der Waals surface area contributed by atoms with Gasteiger partial charge in [0.2, 0.25) is 0 Å². The molecular weight excluding hydrogens is 366 g/mol. The number of hydrogen-bond acceptors (Lipinski definition) is 6. The van der Waals surface area contributed by atoms with Crippen LogP contribution in [0.3, 0.4) is 0 Å². The fraction of sp³-hybridized carbons (Fsp3) is 0.0909. The second-order valence-electron chi connectivity index (χ2n) is 6.42. The number of carbonyl (C=O) groups excluding carboxylic acids is 1. The molecule has 29 heavy (non-hydrogen) atoms. The molecule has 3 heterocycles. The van der Waals surface area contributed by atoms with Crippen molar-refractivity contribution in [3.8, 4) is 11.4 Å². The van der Waals surface area contributed by atoms with Crippen molar-refractivity contribution in [3.63, 3.8) is 0 Å². The van der Waals surface area contributed by atoms with E-state index in [9.17, 15) is 4.79 Å². The predicted molar refractivity (Wildman–Crippen MR) is 110 cm³/mol. The van der Waals surface area contributed by atoms with Gasteiger partial charge in [-0.25, -0.2) is 0 Å². The predicted octanol–water partition coefficient (Wildman–Crippen LogP) is 4.11. The monoisotopic (exact) mass is 385 g/mol. The highest BCUT2D eigenvalue weighted by Gasteiger charge is 2.08. The topological polar surface area (TPSA) is 92.9 Å². The van der Waals surface area contributed by atoms with Crippen molar-refractivity contribution in [2.75, 3.05) is 5.32 Å². The van der Waals surface area contributed by atoms with E-state index in [1.807, 2.05) is 61.5 Å². The van der Waals surface area contributed by atoms with Gasteiger partial charge in [-0.3, -0.25) is 9.78 Å². The quantitative estimate of drug-likeness (QED) is 0.519. The van der Waals surface area contributed by atoms with Crippen LogP contribution in [0.15, 0.2) is 77.3 Å². The van der Waals surface area contributed by atoms with Gasteiger partial charge in [0.15, 0.2) is 5.82 Å². The van der Waals surface area contributed by atoms with Crippen LogP contribution in [0.25, 0.3) is 11.4 Å². The molecule has 1 aromatic carbocycles. The van der Waals surface area contributed by atoms with Gasteiger partial charge in [0.1, 0.15) is 17.2 Å². The lowest BCUT2D eigenvalue weighted by Gasteiger charge is -2.08. The summed E-state index contributed by atoms with van der Waals surface area (Å²) in [5.41, 5.74) is 2.73. The SMILES string of the molecule is Cc1ccc(CNC(=O)c2cccc(Nc3ccc(-c4ccccn4)nn3)c2)o1. The fourth-order valence-electron chi connectivity index (χ4n) is 2.79. The van der Waals surface area contributed by atoms with Gasteiger partial charge >= 0.3 is 0 Å². The molecule has 4 aromatic rings. The zero-order valence-corrected chi connectivity index (χ0v) is 15.8. The summed E-state index contributed by atoms with van der Waals surface area (Å²) in [6.45, 7) is 2.21. The largest absolute Gasteiger partial charge is 0.465 e. The third-order valence-electron chi connectivity index (χ3n) is 4.21. The van der Waals surface area contributed by atoms with Crippen molar-refractivity contribution in [3.05, 3.63) is 90.0 Å². The second-order valence-corrected chi connectivity index (χ2v) is 6.42. The smallest absolute Gasteiger partial charge is 0.251 e. The Morgan fingerprint density at radius 1 is 0.966 bits per heavy atom. The molecule has 0 aliphatic rings. The number of nitrogens with zero attached hydrogens (tertiary/aromatic N) is 3. The van der Waals surface area contributed by atoms with Gasteiger partial charge in [0, 0.05) is 17.4 Å². The molecule has 144 valence electrons. The number of aryl methyl sites for hydroxylation is 1. The maximum Gasteiger partial charge on any atom is 0.251 e. The van der Waals surface area contributed by atoms with Crippen molar-refractivity contribution >= 4 is 17.4 Å². The molecule has 0 aliphatic carbocycles. The lowest BCUT2D eigenvalue weighted by Crippen LogP contribution is -2.22. The third kappa shape index (κ3) is 4.65. The van der Waals surface area contributed by atoms with Crippen molar-refractivity contribution in [2.24, 2.45) is 0 Å². The zero-order chi connectivity index (χ0) is 20.1. The molecule has 4 rings (SSSR count). The highest BCUT2D eigenvalue weighted by Crippen LogP contribution is 2.18. The maximum absolute atomic E-state index is 12.4. The lowest BCUT2D eigenvalue weighted by atomic mass is 10.2. The zero-order valence-electron chi connectivity index (χ0n) is 15.8. The first-order valence-electron chi connectivity index (χ1n) is 9.13. The van der Waals surface area contributed by atoms with Gasteiger partial charge in [-0.05, 0) is 61.5 Å². The number of aromatic nitrogens is 3. The van der Waals surface area contributed by atoms with Crippen molar-refractivity contribution in [1.29, 1.82) is 0 Å². The van der Waals surface area contributed by atoms with Crippen LogP contribution < -0.4 is 10.6 Å². The van der Waals surface area contributed by atoms with Crippen LogP contribution in [0.2, 0.25) is 0 Å². The van der Waals surface area contributed by atoms with E-state index in [2.05, 4.69) is 25.8 Å². The molecule has 0 saturated heterocycles. The first-order valence-corrected chi connectivity index (χ1v) is 9.13. The van der Waals surface area contributed by atoms with Crippen LogP contribution in [-0.2, 0) is 6.54 Å². The number of carbonyl (C=O) groups is 1. The Balaban J connectivity index is 1.41. The van der Waals surface area contributed by atoms with E-state index >= 15 is 0 Å². The van der Waals surface area contributed by atoms with Gasteiger partial charge in [0.25, 0.3) is 5.91 Å². The molecule has 0 unspecified atom stereocenters. The number of hydrogen-bond donors (Lipinski definition) is 2. The summed E-state index contributed by atoms with van der Waals surface area (Å²) in [6, 6.07) is 20.2. The molecule has 0 atom stereocenters. The Labute approximate surface area is 167 Å². The molecular formula is C22H19N5O2. The second kappa shape index (κ2) is 8.35. The minimum absolute atomic E-state index is 0.181. The molecule has 0 radical (unpaired) electrons. The molecule has 7 heteroatoms. The van der Waals surface area contributed by atoms with Crippen LogP contribution in [0, 0.1) is 6.92 Å². The number of pyridine rings is 1. The van der Waals surface area contributed by atoms with E-state index in [1.165, 1.54) is 0 Å². The maximum atomic E-state index is 12.4. The van der Waals surface area contributed by atoms with Gasteiger partial charge in [-0.2, -0.15) is 0 Å². The number of furan rings is 1. The highest BCUT2D eigenvalue weighted by molar-refractivity contribution is 5.95. The van der Waals surface area contributed by atoms with Crippen LogP contribution in [-0.4, -0.2) is 21.1 Å². The summed E-state index contributed by atoms with van der Waals surface area (Å²) >= 11 is 0. The van der Waals surface area contributed by atoms with E-state index < -0.39 is 0 Å². The Morgan fingerprint density at radius 2 is 1.90 bits per heavy atom. The molecule has 2 N–H and O–H groups in total. The van der Waals surface area contributed by atoms with E-state index in [-0.39, 0.29) is 5.91 Å². The highest BCUT2D eigenvalue weighted by atomic mass is 16.3. The number of rotatable bonds is 6. The van der Waals surface area contributed by atoms with Gasteiger partial charge in [-0.1, -0.05) is 12.1 Å². The molecule has 0 saturated carbocycles. The van der Waals surface area contributed by atoms with E-state index in [0.717, 1.165) is 17.1 Å². The minimum Gasteiger partial charge on any atom is -0.465 e. The Kier molecular flexibility index (Phi) is 5.29. The van der Waals surface area contributed by atoms with E-state index in [1.54, 1.807) is 18.3 Å². The van der Waals surface area contributed by atoms with Crippen LogP contribution in [0.1, 0.15) is 21.9 Å². The lowest BCUT2D eigenvalue weighted by molar-refractivity contribution is 0.0948. The third-order valence-corrected chi connectivity index (χ3v) is 4.21.